The van der Waals surface area contributed by atoms with Crippen molar-refractivity contribution in [3.05, 3.63) is 145 Å². The summed E-state index contributed by atoms with van der Waals surface area (Å²) < 4.78 is 17.3. The monoisotopic (exact) mass is 676 g/mol. The largest absolute Gasteiger partial charge is 0.423 e. The second kappa shape index (κ2) is 10.5. The van der Waals surface area contributed by atoms with E-state index < -0.39 is 0 Å². The van der Waals surface area contributed by atoms with E-state index in [1.54, 1.807) is 0 Å². The summed E-state index contributed by atoms with van der Waals surface area (Å²) >= 11 is 1.83. The van der Waals surface area contributed by atoms with Crippen molar-refractivity contribution in [1.82, 2.24) is 19.1 Å². The van der Waals surface area contributed by atoms with Crippen molar-refractivity contribution in [2.45, 2.75) is 13.8 Å². The number of oxazole rings is 2. The normalized spacial score (nSPS) is 12.1. The second-order valence-corrected chi connectivity index (χ2v) is 14.1. The first-order chi connectivity index (χ1) is 25.1. The molecule has 0 saturated heterocycles. The molecule has 5 heterocycles. The highest BCUT2D eigenvalue weighted by molar-refractivity contribution is 7.19. The predicted molar refractivity (Wildman–Crippen MR) is 208 cm³/mol. The van der Waals surface area contributed by atoms with Gasteiger partial charge in [-0.2, -0.15) is 9.97 Å². The molecule has 0 fully saturated rings. The molecule has 0 aliphatic carbocycles. The first kappa shape index (κ1) is 28.4. The average molecular weight is 677 g/mol. The van der Waals surface area contributed by atoms with Crippen LogP contribution in [-0.2, 0) is 0 Å². The molecule has 0 saturated carbocycles. The molecule has 7 heteroatoms. The number of benzene rings is 6. The van der Waals surface area contributed by atoms with Crippen LogP contribution in [0, 0.1) is 13.8 Å². The third-order valence-electron chi connectivity index (χ3n) is 10.3. The van der Waals surface area contributed by atoms with Gasteiger partial charge in [0.15, 0.2) is 11.2 Å². The molecule has 6 nitrogen and oxygen atoms in total. The Labute approximate surface area is 295 Å². The molecule has 11 aromatic rings. The van der Waals surface area contributed by atoms with E-state index in [0.717, 1.165) is 76.9 Å². The van der Waals surface area contributed by atoms with Gasteiger partial charge < -0.3 is 8.83 Å². The SMILES string of the molecule is Cc1c(-c2cccc3c4ccccc4n(-c4nc5ccccc5o4)c23)sc(-c2cccc3c4ccccc4n(-c4nc5ccccc5o4)c23)c1C. The van der Waals surface area contributed by atoms with Crippen LogP contribution in [0.1, 0.15) is 11.1 Å². The number of rotatable bonds is 4. The van der Waals surface area contributed by atoms with Crippen molar-refractivity contribution in [3.63, 3.8) is 0 Å². The maximum atomic E-state index is 6.44. The van der Waals surface area contributed by atoms with E-state index >= 15 is 0 Å². The minimum Gasteiger partial charge on any atom is -0.423 e. The Morgan fingerprint density at radius 3 is 1.33 bits per heavy atom. The Balaban J connectivity index is 1.19. The van der Waals surface area contributed by atoms with Gasteiger partial charge in [-0.05, 0) is 61.4 Å². The van der Waals surface area contributed by atoms with Crippen LogP contribution in [0.15, 0.2) is 142 Å². The quantitative estimate of drug-likeness (QED) is 0.186. The highest BCUT2D eigenvalue weighted by Gasteiger charge is 2.25. The van der Waals surface area contributed by atoms with Gasteiger partial charge in [0.2, 0.25) is 0 Å². The molecule has 0 N–H and O–H groups in total. The molecule has 5 aromatic heterocycles. The highest BCUT2D eigenvalue weighted by Crippen LogP contribution is 2.48. The van der Waals surface area contributed by atoms with E-state index in [-0.39, 0.29) is 0 Å². The van der Waals surface area contributed by atoms with Crippen LogP contribution in [0.3, 0.4) is 0 Å². The van der Waals surface area contributed by atoms with Crippen molar-refractivity contribution in [2.75, 3.05) is 0 Å². The number of aromatic nitrogens is 4. The zero-order valence-electron chi connectivity index (χ0n) is 27.7. The first-order valence-corrected chi connectivity index (χ1v) is 17.8. The molecule has 11 rings (SSSR count). The number of hydrogen-bond donors (Lipinski definition) is 0. The molecule has 0 unspecified atom stereocenters. The van der Waals surface area contributed by atoms with Gasteiger partial charge in [-0.1, -0.05) is 97.1 Å². The molecular formula is C44H28N4O2S. The number of fused-ring (bicyclic) bond motifs is 8. The third kappa shape index (κ3) is 3.98. The lowest BCUT2D eigenvalue weighted by atomic mass is 10.0. The molecule has 0 spiro atoms. The van der Waals surface area contributed by atoms with Crippen LogP contribution >= 0.6 is 11.3 Å². The Morgan fingerprint density at radius 2 is 0.863 bits per heavy atom. The van der Waals surface area contributed by atoms with Gasteiger partial charge >= 0.3 is 12.0 Å². The summed E-state index contributed by atoms with van der Waals surface area (Å²) in [6, 6.07) is 47.3. The zero-order valence-corrected chi connectivity index (χ0v) is 28.5. The number of hydrogen-bond acceptors (Lipinski definition) is 5. The topological polar surface area (TPSA) is 61.9 Å². The number of para-hydroxylation sites is 8. The van der Waals surface area contributed by atoms with Gasteiger partial charge in [0, 0.05) is 42.4 Å². The molecule has 6 aromatic carbocycles. The summed E-state index contributed by atoms with van der Waals surface area (Å²) in [5.74, 6) is 0. The van der Waals surface area contributed by atoms with Crippen molar-refractivity contribution >= 4 is 77.1 Å². The fourth-order valence-corrected chi connectivity index (χ4v) is 9.19. The van der Waals surface area contributed by atoms with Gasteiger partial charge in [0.1, 0.15) is 11.0 Å². The highest BCUT2D eigenvalue weighted by atomic mass is 32.1. The third-order valence-corrected chi connectivity index (χ3v) is 11.7. The van der Waals surface area contributed by atoms with Crippen LogP contribution in [0.2, 0.25) is 0 Å². The molecule has 0 amide bonds. The lowest BCUT2D eigenvalue weighted by Gasteiger charge is -2.08. The molecule has 0 aliphatic heterocycles. The van der Waals surface area contributed by atoms with Gasteiger partial charge in [-0.25, -0.2) is 0 Å². The molecular weight excluding hydrogens is 649 g/mol. The molecule has 0 radical (unpaired) electrons. The van der Waals surface area contributed by atoms with E-state index in [2.05, 4.69) is 108 Å². The molecule has 0 atom stereocenters. The Kier molecular flexibility index (Phi) is 5.86. The fraction of sp³-hybridized carbons (Fsp3) is 0.0455. The van der Waals surface area contributed by atoms with Gasteiger partial charge in [0.25, 0.3) is 0 Å². The van der Waals surface area contributed by atoms with Crippen LogP contribution in [0.25, 0.3) is 98.7 Å². The van der Waals surface area contributed by atoms with E-state index in [0.29, 0.717) is 12.0 Å². The standard InChI is InChI=1S/C44H28N4O2S/c1-25-26(2)42(32-18-12-16-30-28-14-4-8-22-36(28)48(40(30)32)44-46-34-20-6-10-24-38(34)50-44)51-41(25)31-17-11-15-29-27-13-3-7-21-35(27)47(39(29)31)43-45-33-19-5-9-23-37(33)49-43/h3-24H,1-2H3. The molecule has 242 valence electrons. The van der Waals surface area contributed by atoms with Crippen molar-refractivity contribution in [1.29, 1.82) is 0 Å². The van der Waals surface area contributed by atoms with Gasteiger partial charge in [-0.3, -0.25) is 9.13 Å². The van der Waals surface area contributed by atoms with Crippen molar-refractivity contribution in [2.24, 2.45) is 0 Å². The molecule has 0 aliphatic rings. The number of nitrogens with zero attached hydrogens (tertiary/aromatic N) is 4. The zero-order chi connectivity index (χ0) is 33.8. The second-order valence-electron chi connectivity index (χ2n) is 13.0. The maximum Gasteiger partial charge on any atom is 0.307 e. The predicted octanol–water partition coefficient (Wildman–Crippen LogP) is 12.2. The van der Waals surface area contributed by atoms with Crippen LogP contribution in [0.4, 0.5) is 0 Å². The maximum absolute atomic E-state index is 6.44. The summed E-state index contributed by atoms with van der Waals surface area (Å²) in [5, 5.41) is 4.65. The van der Waals surface area contributed by atoms with Crippen LogP contribution in [-0.4, -0.2) is 19.1 Å². The van der Waals surface area contributed by atoms with E-state index in [1.165, 1.54) is 20.9 Å². The van der Waals surface area contributed by atoms with E-state index in [4.69, 9.17) is 18.8 Å². The number of thiophene rings is 1. The minimum absolute atomic E-state index is 0.564. The first-order valence-electron chi connectivity index (χ1n) is 17.0. The minimum atomic E-state index is 0.564. The summed E-state index contributed by atoms with van der Waals surface area (Å²) in [4.78, 5) is 12.4. The molecule has 51 heavy (non-hydrogen) atoms. The van der Waals surface area contributed by atoms with E-state index in [1.807, 2.05) is 59.9 Å². The molecule has 0 bridgehead atoms. The summed E-state index contributed by atoms with van der Waals surface area (Å²) in [6.07, 6.45) is 0. The lowest BCUT2D eigenvalue weighted by Crippen LogP contribution is -1.95. The van der Waals surface area contributed by atoms with Crippen molar-refractivity contribution in [3.8, 4) is 32.9 Å². The van der Waals surface area contributed by atoms with Crippen LogP contribution < -0.4 is 0 Å². The Bertz CT molecular complexity index is 2910. The van der Waals surface area contributed by atoms with Gasteiger partial charge in [-0.15, -0.1) is 11.3 Å². The van der Waals surface area contributed by atoms with Crippen molar-refractivity contribution < 1.29 is 8.83 Å². The fourth-order valence-electron chi connectivity index (χ4n) is 7.82. The summed E-state index contributed by atoms with van der Waals surface area (Å²) in [6.45, 7) is 4.48. The van der Waals surface area contributed by atoms with Crippen LogP contribution in [0.5, 0.6) is 0 Å². The lowest BCUT2D eigenvalue weighted by molar-refractivity contribution is 0.574. The van der Waals surface area contributed by atoms with E-state index in [9.17, 15) is 0 Å². The smallest absolute Gasteiger partial charge is 0.307 e. The summed E-state index contributed by atoms with van der Waals surface area (Å²) in [7, 11) is 0. The Morgan fingerprint density at radius 1 is 0.451 bits per heavy atom. The average Bonchev–Trinajstić information content (AvgIpc) is 3.98. The van der Waals surface area contributed by atoms with Gasteiger partial charge in [0.05, 0.1) is 22.1 Å². The summed E-state index contributed by atoms with van der Waals surface area (Å²) in [5.41, 5.74) is 12.3. The Hall–Kier alpha value is -6.44.